The van der Waals surface area contributed by atoms with Gasteiger partial charge < -0.3 is 10.1 Å². The van der Waals surface area contributed by atoms with Gasteiger partial charge in [0.15, 0.2) is 0 Å². The predicted molar refractivity (Wildman–Crippen MR) is 81.9 cm³/mol. The SMILES string of the molecule is C=C/C=C(\C=C)C(c1ccccc1)n1cnc([N+](=O)[O-])c1. The lowest BCUT2D eigenvalue weighted by molar-refractivity contribution is -0.389. The first-order valence-corrected chi connectivity index (χ1v) is 6.35. The second kappa shape index (κ2) is 6.47. The van der Waals surface area contributed by atoms with Crippen molar-refractivity contribution in [3.8, 4) is 0 Å². The minimum Gasteiger partial charge on any atom is -0.358 e. The van der Waals surface area contributed by atoms with Crippen LogP contribution in [0.1, 0.15) is 11.6 Å². The van der Waals surface area contributed by atoms with Crippen molar-refractivity contribution in [1.29, 1.82) is 0 Å². The molecule has 106 valence electrons. The molecule has 1 atom stereocenters. The van der Waals surface area contributed by atoms with Crippen LogP contribution in [0.25, 0.3) is 0 Å². The number of allylic oxidation sites excluding steroid dienone is 4. The van der Waals surface area contributed by atoms with Gasteiger partial charge in [0.05, 0.1) is 6.04 Å². The van der Waals surface area contributed by atoms with Gasteiger partial charge in [-0.2, -0.15) is 0 Å². The van der Waals surface area contributed by atoms with Crippen LogP contribution < -0.4 is 0 Å². The molecule has 21 heavy (non-hydrogen) atoms. The molecule has 1 unspecified atom stereocenters. The Bertz CT molecular complexity index is 687. The van der Waals surface area contributed by atoms with E-state index in [0.29, 0.717) is 0 Å². The van der Waals surface area contributed by atoms with Crippen LogP contribution in [-0.4, -0.2) is 14.5 Å². The molecule has 0 bridgehead atoms. The van der Waals surface area contributed by atoms with Gasteiger partial charge in [-0.15, -0.1) is 0 Å². The Morgan fingerprint density at radius 3 is 2.57 bits per heavy atom. The number of benzene rings is 1. The molecule has 0 saturated carbocycles. The van der Waals surface area contributed by atoms with E-state index < -0.39 is 4.92 Å². The van der Waals surface area contributed by atoms with E-state index in [-0.39, 0.29) is 11.9 Å². The summed E-state index contributed by atoms with van der Waals surface area (Å²) in [7, 11) is 0. The summed E-state index contributed by atoms with van der Waals surface area (Å²) in [6, 6.07) is 9.43. The molecule has 0 fully saturated rings. The lowest BCUT2D eigenvalue weighted by Gasteiger charge is -2.19. The fourth-order valence-electron chi connectivity index (χ4n) is 2.14. The van der Waals surface area contributed by atoms with Crippen molar-refractivity contribution < 1.29 is 4.92 Å². The number of aromatic nitrogens is 2. The maximum absolute atomic E-state index is 10.8. The third kappa shape index (κ3) is 3.14. The Hall–Kier alpha value is -2.95. The zero-order chi connectivity index (χ0) is 15.2. The van der Waals surface area contributed by atoms with Crippen LogP contribution in [0.2, 0.25) is 0 Å². The first kappa shape index (κ1) is 14.5. The van der Waals surface area contributed by atoms with Gasteiger partial charge in [-0.3, -0.25) is 4.57 Å². The number of imidazole rings is 1. The third-order valence-electron chi connectivity index (χ3n) is 3.05. The highest BCUT2D eigenvalue weighted by atomic mass is 16.6. The van der Waals surface area contributed by atoms with Crippen molar-refractivity contribution in [2.45, 2.75) is 6.04 Å². The van der Waals surface area contributed by atoms with Crippen LogP contribution in [0.5, 0.6) is 0 Å². The van der Waals surface area contributed by atoms with Crippen LogP contribution >= 0.6 is 0 Å². The lowest BCUT2D eigenvalue weighted by atomic mass is 9.98. The van der Waals surface area contributed by atoms with E-state index in [0.717, 1.165) is 11.1 Å². The van der Waals surface area contributed by atoms with E-state index >= 15 is 0 Å². The quantitative estimate of drug-likeness (QED) is 0.461. The molecule has 0 spiro atoms. The van der Waals surface area contributed by atoms with Crippen molar-refractivity contribution in [3.05, 3.63) is 95.5 Å². The molecule has 5 heteroatoms. The van der Waals surface area contributed by atoms with Crippen molar-refractivity contribution in [1.82, 2.24) is 9.55 Å². The van der Waals surface area contributed by atoms with Gasteiger partial charge in [0.2, 0.25) is 6.33 Å². The molecule has 1 aromatic carbocycles. The summed E-state index contributed by atoms with van der Waals surface area (Å²) in [4.78, 5) is 14.1. The van der Waals surface area contributed by atoms with Crippen molar-refractivity contribution in [2.75, 3.05) is 0 Å². The molecular weight excluding hydrogens is 266 g/mol. The number of hydrogen-bond donors (Lipinski definition) is 0. The summed E-state index contributed by atoms with van der Waals surface area (Å²) in [5.41, 5.74) is 1.86. The minimum absolute atomic E-state index is 0.182. The molecule has 2 rings (SSSR count). The Morgan fingerprint density at radius 1 is 1.33 bits per heavy atom. The molecule has 0 aliphatic carbocycles. The average molecular weight is 281 g/mol. The Kier molecular flexibility index (Phi) is 4.46. The van der Waals surface area contributed by atoms with Crippen molar-refractivity contribution in [2.24, 2.45) is 0 Å². The number of hydrogen-bond acceptors (Lipinski definition) is 3. The largest absolute Gasteiger partial charge is 0.381 e. The van der Waals surface area contributed by atoms with Crippen LogP contribution in [0.3, 0.4) is 0 Å². The standard InChI is InChI=1S/C16H15N3O2/c1-3-8-13(4-2)16(14-9-6-5-7-10-14)18-11-15(17-12-18)19(20)21/h3-12,16H,1-2H2/b13-8+. The molecular formula is C16H15N3O2. The molecule has 0 amide bonds. The van der Waals surface area contributed by atoms with Gasteiger partial charge in [0.25, 0.3) is 0 Å². The number of nitrogens with zero attached hydrogens (tertiary/aromatic N) is 3. The second-order valence-corrected chi connectivity index (χ2v) is 4.36. The zero-order valence-corrected chi connectivity index (χ0v) is 11.4. The van der Waals surface area contributed by atoms with Crippen molar-refractivity contribution in [3.63, 3.8) is 0 Å². The number of nitro groups is 1. The highest BCUT2D eigenvalue weighted by Gasteiger charge is 2.20. The maximum atomic E-state index is 10.8. The summed E-state index contributed by atoms with van der Waals surface area (Å²) in [6.45, 7) is 7.50. The molecule has 2 aromatic rings. The normalized spacial score (nSPS) is 12.7. The lowest BCUT2D eigenvalue weighted by Crippen LogP contribution is -2.10. The highest BCUT2D eigenvalue weighted by molar-refractivity contribution is 5.37. The molecule has 1 aromatic heterocycles. The Balaban J connectivity index is 2.54. The van der Waals surface area contributed by atoms with Gasteiger partial charge >= 0.3 is 5.82 Å². The third-order valence-corrected chi connectivity index (χ3v) is 3.05. The van der Waals surface area contributed by atoms with E-state index in [9.17, 15) is 10.1 Å². The van der Waals surface area contributed by atoms with E-state index in [1.807, 2.05) is 36.4 Å². The monoisotopic (exact) mass is 281 g/mol. The molecule has 0 N–H and O–H groups in total. The predicted octanol–water partition coefficient (Wildman–Crippen LogP) is 3.68. The van der Waals surface area contributed by atoms with Gasteiger partial charge in [-0.25, -0.2) is 0 Å². The van der Waals surface area contributed by atoms with Gasteiger partial charge in [-0.05, 0) is 21.0 Å². The van der Waals surface area contributed by atoms with E-state index in [2.05, 4.69) is 18.1 Å². The highest BCUT2D eigenvalue weighted by Crippen LogP contribution is 2.28. The molecule has 5 nitrogen and oxygen atoms in total. The zero-order valence-electron chi connectivity index (χ0n) is 11.4. The fourth-order valence-corrected chi connectivity index (χ4v) is 2.14. The van der Waals surface area contributed by atoms with Crippen LogP contribution in [0.4, 0.5) is 5.82 Å². The van der Waals surface area contributed by atoms with E-state index in [4.69, 9.17) is 0 Å². The summed E-state index contributed by atoms with van der Waals surface area (Å²) >= 11 is 0. The Labute approximate surface area is 122 Å². The maximum Gasteiger partial charge on any atom is 0.381 e. The number of rotatable bonds is 6. The molecule has 0 aliphatic heterocycles. The topological polar surface area (TPSA) is 61.0 Å². The van der Waals surface area contributed by atoms with Gasteiger partial charge in [0, 0.05) is 0 Å². The fraction of sp³-hybridized carbons (Fsp3) is 0.0625. The first-order valence-electron chi connectivity index (χ1n) is 6.35. The molecule has 0 saturated heterocycles. The Morgan fingerprint density at radius 2 is 2.05 bits per heavy atom. The van der Waals surface area contributed by atoms with Crippen LogP contribution in [0, 0.1) is 10.1 Å². The van der Waals surface area contributed by atoms with Crippen LogP contribution in [0.15, 0.2) is 79.8 Å². The van der Waals surface area contributed by atoms with E-state index in [1.54, 1.807) is 16.7 Å². The summed E-state index contributed by atoms with van der Waals surface area (Å²) in [6.07, 6.45) is 8.08. The summed E-state index contributed by atoms with van der Waals surface area (Å²) in [5, 5.41) is 10.8. The molecule has 0 radical (unpaired) electrons. The summed E-state index contributed by atoms with van der Waals surface area (Å²) in [5.74, 6) is -0.182. The minimum atomic E-state index is -0.511. The molecule has 0 aliphatic rings. The van der Waals surface area contributed by atoms with Crippen molar-refractivity contribution >= 4 is 5.82 Å². The average Bonchev–Trinajstić information content (AvgIpc) is 2.97. The van der Waals surface area contributed by atoms with E-state index in [1.165, 1.54) is 12.5 Å². The summed E-state index contributed by atoms with van der Waals surface area (Å²) < 4.78 is 1.70. The second-order valence-electron chi connectivity index (χ2n) is 4.36. The smallest absolute Gasteiger partial charge is 0.358 e. The van der Waals surface area contributed by atoms with Crippen LogP contribution in [-0.2, 0) is 0 Å². The first-order chi connectivity index (χ1) is 10.2. The molecule has 1 heterocycles. The van der Waals surface area contributed by atoms with Gasteiger partial charge in [0.1, 0.15) is 6.20 Å². The van der Waals surface area contributed by atoms with Gasteiger partial charge in [-0.1, -0.05) is 61.7 Å².